The maximum atomic E-state index is 13.1. The van der Waals surface area contributed by atoms with Gasteiger partial charge in [-0.3, -0.25) is 9.59 Å². The number of likely N-dealkylation sites (N-methyl/N-ethyl adjacent to an activating group) is 2. The third kappa shape index (κ3) is 14.1. The van der Waals surface area contributed by atoms with Gasteiger partial charge in [0, 0.05) is 39.3 Å². The molecule has 3 N–H and O–H groups in total. The van der Waals surface area contributed by atoms with Gasteiger partial charge in [-0.2, -0.15) is 0 Å². The van der Waals surface area contributed by atoms with Gasteiger partial charge in [-0.15, -0.1) is 0 Å². The molecule has 0 aliphatic carbocycles. The second-order valence-electron chi connectivity index (χ2n) is 18.4. The molecule has 4 rings (SSSR count). The highest BCUT2D eigenvalue weighted by Gasteiger charge is 2.52. The van der Waals surface area contributed by atoms with Gasteiger partial charge in [-0.1, -0.05) is 31.2 Å². The van der Waals surface area contributed by atoms with Crippen LogP contribution in [-0.4, -0.2) is 182 Å². The molecule has 62 heavy (non-hydrogen) atoms. The summed E-state index contributed by atoms with van der Waals surface area (Å²) in [6.07, 6.45) is -1.69. The van der Waals surface area contributed by atoms with Crippen molar-refractivity contribution >= 4 is 18.2 Å². The average Bonchev–Trinajstić information content (AvgIpc) is 3.16. The molecule has 4 heterocycles. The van der Waals surface area contributed by atoms with Crippen LogP contribution in [0, 0.1) is 11.8 Å². The molecular formula is C45H76N2O15. The third-order valence-electron chi connectivity index (χ3n) is 12.6. The number of methoxy groups -OCH3 is 1. The van der Waals surface area contributed by atoms with E-state index in [2.05, 4.69) is 4.90 Å². The fourth-order valence-corrected chi connectivity index (χ4v) is 9.49. The summed E-state index contributed by atoms with van der Waals surface area (Å²) in [5.41, 5.74) is -1.48. The highest BCUT2D eigenvalue weighted by molar-refractivity contribution is 5.70. The Morgan fingerprint density at radius 1 is 0.903 bits per heavy atom. The molecular weight excluding hydrogens is 808 g/mol. The molecule has 17 heteroatoms. The summed E-state index contributed by atoms with van der Waals surface area (Å²) in [6, 6.07) is -0.501. The molecule has 0 radical (unpaired) electrons. The quantitative estimate of drug-likeness (QED) is 0.191. The van der Waals surface area contributed by atoms with Crippen molar-refractivity contribution in [2.75, 3.05) is 35.3 Å². The summed E-state index contributed by atoms with van der Waals surface area (Å²) in [5, 5.41) is 35.1. The van der Waals surface area contributed by atoms with Crippen LogP contribution in [0.3, 0.4) is 0 Å². The minimum atomic E-state index is -1.48. The van der Waals surface area contributed by atoms with E-state index in [1.54, 1.807) is 46.7 Å². The van der Waals surface area contributed by atoms with E-state index >= 15 is 0 Å². The van der Waals surface area contributed by atoms with Crippen molar-refractivity contribution in [1.82, 2.24) is 9.80 Å². The Morgan fingerprint density at radius 3 is 2.19 bits per heavy atom. The first-order valence-corrected chi connectivity index (χ1v) is 22.2. The number of esters is 2. The molecule has 0 saturated carbocycles. The zero-order chi connectivity index (χ0) is 46.1. The van der Waals surface area contributed by atoms with Gasteiger partial charge in [-0.05, 0) is 93.9 Å². The highest BCUT2D eigenvalue weighted by atomic mass is 16.7. The van der Waals surface area contributed by atoms with Crippen LogP contribution in [0.4, 0.5) is 0 Å². The molecule has 3 fully saturated rings. The standard InChI is InChI=1S/C45H76N2O15/c1-25-22-31(20-21-48)41(62-44-39(52)38(47(10)11)40(28(4)58-44)61-37-24-45(7,53)43(29(5)57-37)59-30(6)49)42(54-12)33(50)23-35(51)55-26(2)16-14-13-15-17-34(25)60-36-19-18-32(46(8)9)27(3)56-36/h13-15,17,21,25-29,31-34,36-44,50,52-53H,16,18-20,22-24H2,1-12H3/b14-13+,17-15+/t25-,26-,27-,28-,29+,31+,32+,33-,34+,36+,37+,38-,39-,40-,41+,42?,43+,44+,45-/m1/s1. The van der Waals surface area contributed by atoms with Crippen LogP contribution >= 0.6 is 0 Å². The van der Waals surface area contributed by atoms with Crippen molar-refractivity contribution < 1.29 is 72.3 Å². The zero-order valence-electron chi connectivity index (χ0n) is 38.9. The molecule has 0 bridgehead atoms. The topological polar surface area (TPSA) is 201 Å². The van der Waals surface area contributed by atoms with E-state index in [0.717, 1.165) is 12.7 Å². The number of aldehydes is 1. The molecule has 0 aromatic rings. The molecule has 3 saturated heterocycles. The Balaban J connectivity index is 1.65. The Bertz CT molecular complexity index is 1480. The van der Waals surface area contributed by atoms with Crippen LogP contribution in [0.5, 0.6) is 0 Å². The van der Waals surface area contributed by atoms with Gasteiger partial charge >= 0.3 is 11.9 Å². The molecule has 19 atom stereocenters. The largest absolute Gasteiger partial charge is 0.462 e. The molecule has 356 valence electrons. The van der Waals surface area contributed by atoms with Gasteiger partial charge in [0.2, 0.25) is 0 Å². The Hall–Kier alpha value is -2.39. The van der Waals surface area contributed by atoms with Crippen molar-refractivity contribution in [1.29, 1.82) is 0 Å². The number of hydrogen-bond acceptors (Lipinski definition) is 17. The minimum absolute atomic E-state index is 0.0203. The SMILES string of the molecule is COC1[C@H](O)CC(=O)O[C@H](C)C/C=C/C=C/[C@H](O[C@H]2CC[C@H](N(C)C)[C@@H](C)O2)[C@H](C)C[C@H](CC=O)[C@@H]1O[C@@H]1O[C@H](C)[C@@H](O[C@H]2C[C@@](C)(O)[C@@H](OC(C)=O)[C@H](C)O2)[C@H](N(C)C)[C@H]1O. The summed E-state index contributed by atoms with van der Waals surface area (Å²) in [5.74, 6) is -2.05. The maximum absolute atomic E-state index is 13.1. The van der Waals surface area contributed by atoms with E-state index < -0.39 is 116 Å². The van der Waals surface area contributed by atoms with Crippen LogP contribution in [0.1, 0.15) is 93.4 Å². The number of nitrogens with zero attached hydrogens (tertiary/aromatic N) is 2. The van der Waals surface area contributed by atoms with Gasteiger partial charge in [0.25, 0.3) is 0 Å². The molecule has 0 aromatic heterocycles. The molecule has 0 amide bonds. The first-order valence-electron chi connectivity index (χ1n) is 22.2. The molecule has 4 aliphatic rings. The van der Waals surface area contributed by atoms with Crippen molar-refractivity contribution in [3.63, 3.8) is 0 Å². The van der Waals surface area contributed by atoms with Gasteiger partial charge < -0.3 is 72.5 Å². The van der Waals surface area contributed by atoms with E-state index in [0.29, 0.717) is 19.3 Å². The zero-order valence-corrected chi connectivity index (χ0v) is 38.9. The van der Waals surface area contributed by atoms with E-state index in [-0.39, 0.29) is 30.9 Å². The molecule has 17 nitrogen and oxygen atoms in total. The number of allylic oxidation sites excluding steroid dienone is 2. The van der Waals surface area contributed by atoms with Crippen LogP contribution in [0.2, 0.25) is 0 Å². The number of hydrogen-bond donors (Lipinski definition) is 3. The average molecular weight is 885 g/mol. The van der Waals surface area contributed by atoms with E-state index in [1.807, 2.05) is 52.2 Å². The van der Waals surface area contributed by atoms with E-state index in [9.17, 15) is 29.7 Å². The van der Waals surface area contributed by atoms with E-state index in [1.165, 1.54) is 14.0 Å². The van der Waals surface area contributed by atoms with Crippen LogP contribution < -0.4 is 0 Å². The highest BCUT2D eigenvalue weighted by Crippen LogP contribution is 2.38. The Morgan fingerprint density at radius 2 is 1.60 bits per heavy atom. The number of carbonyl (C=O) groups excluding carboxylic acids is 3. The van der Waals surface area contributed by atoms with Gasteiger partial charge in [0.15, 0.2) is 25.0 Å². The van der Waals surface area contributed by atoms with Crippen LogP contribution in [0.25, 0.3) is 0 Å². The van der Waals surface area contributed by atoms with Gasteiger partial charge in [0.05, 0.1) is 49.1 Å². The van der Waals surface area contributed by atoms with Crippen molar-refractivity contribution in [3.05, 3.63) is 24.3 Å². The smallest absolute Gasteiger partial charge is 0.308 e. The molecule has 0 aromatic carbocycles. The number of cyclic esters (lactones) is 1. The monoisotopic (exact) mass is 885 g/mol. The Kier molecular flexibility index (Phi) is 20.0. The number of rotatable bonds is 12. The lowest BCUT2D eigenvalue weighted by Gasteiger charge is -2.50. The fourth-order valence-electron chi connectivity index (χ4n) is 9.49. The third-order valence-corrected chi connectivity index (χ3v) is 12.6. The fraction of sp³-hybridized carbons (Fsp3) is 0.844. The van der Waals surface area contributed by atoms with Crippen molar-refractivity contribution in [3.8, 4) is 0 Å². The molecule has 4 aliphatic heterocycles. The summed E-state index contributed by atoms with van der Waals surface area (Å²) >= 11 is 0. The second kappa shape index (κ2) is 23.7. The lowest BCUT2D eigenvalue weighted by molar-refractivity contribution is -0.344. The van der Waals surface area contributed by atoms with Crippen molar-refractivity contribution in [2.45, 2.75) is 197 Å². The lowest BCUT2D eigenvalue weighted by Crippen LogP contribution is -2.66. The Labute approximate surface area is 368 Å². The number of aliphatic hydroxyl groups is 3. The molecule has 0 spiro atoms. The number of ether oxygens (including phenoxy) is 9. The summed E-state index contributed by atoms with van der Waals surface area (Å²) in [7, 11) is 9.01. The normalized spacial score (nSPS) is 44.0. The minimum Gasteiger partial charge on any atom is -0.462 e. The lowest BCUT2D eigenvalue weighted by atomic mass is 9.82. The number of carbonyl (C=O) groups is 3. The maximum Gasteiger partial charge on any atom is 0.308 e. The second-order valence-corrected chi connectivity index (χ2v) is 18.4. The summed E-state index contributed by atoms with van der Waals surface area (Å²) < 4.78 is 55.7. The van der Waals surface area contributed by atoms with Gasteiger partial charge in [0.1, 0.15) is 36.3 Å². The van der Waals surface area contributed by atoms with E-state index in [4.69, 9.17) is 42.6 Å². The summed E-state index contributed by atoms with van der Waals surface area (Å²) in [6.45, 7) is 12.1. The van der Waals surface area contributed by atoms with Gasteiger partial charge in [-0.25, -0.2) is 0 Å². The van der Waals surface area contributed by atoms with Crippen molar-refractivity contribution in [2.24, 2.45) is 11.8 Å². The predicted molar refractivity (Wildman–Crippen MR) is 226 cm³/mol. The first kappa shape index (κ1) is 52.2. The molecule has 1 unspecified atom stereocenters. The first-order chi connectivity index (χ1) is 29.2. The number of aliphatic hydroxyl groups excluding tert-OH is 2. The predicted octanol–water partition coefficient (Wildman–Crippen LogP) is 2.90. The van der Waals surface area contributed by atoms with Crippen LogP contribution in [0.15, 0.2) is 24.3 Å². The summed E-state index contributed by atoms with van der Waals surface area (Å²) in [4.78, 5) is 41.4. The van der Waals surface area contributed by atoms with Crippen LogP contribution in [-0.2, 0) is 57.0 Å².